The van der Waals surface area contributed by atoms with E-state index in [1.807, 2.05) is 37.3 Å². The fourth-order valence-electron chi connectivity index (χ4n) is 2.51. The zero-order chi connectivity index (χ0) is 19.2. The third-order valence-corrected chi connectivity index (χ3v) is 3.81. The lowest BCUT2D eigenvalue weighted by atomic mass is 10.1. The first-order valence-corrected chi connectivity index (χ1v) is 8.57. The summed E-state index contributed by atoms with van der Waals surface area (Å²) in [4.78, 5) is 28.0. The van der Waals surface area contributed by atoms with E-state index in [9.17, 15) is 9.59 Å². The first-order chi connectivity index (χ1) is 13.1. The van der Waals surface area contributed by atoms with Gasteiger partial charge in [0, 0.05) is 12.0 Å². The van der Waals surface area contributed by atoms with E-state index < -0.39 is 5.97 Å². The maximum atomic E-state index is 12.1. The number of ether oxygens (including phenoxy) is 3. The summed E-state index contributed by atoms with van der Waals surface area (Å²) in [6, 6.07) is 14.2. The summed E-state index contributed by atoms with van der Waals surface area (Å²) >= 11 is 0. The molecule has 3 rings (SSSR count). The molecule has 0 unspecified atom stereocenters. The van der Waals surface area contributed by atoms with Gasteiger partial charge in [0.25, 0.3) is 0 Å². The molecule has 27 heavy (non-hydrogen) atoms. The van der Waals surface area contributed by atoms with E-state index in [1.165, 1.54) is 7.11 Å². The zero-order valence-corrected chi connectivity index (χ0v) is 15.1. The van der Waals surface area contributed by atoms with E-state index in [0.717, 1.165) is 5.56 Å². The molecule has 0 amide bonds. The number of methoxy groups -OCH3 is 1. The van der Waals surface area contributed by atoms with Crippen LogP contribution in [0, 0.1) is 0 Å². The zero-order valence-electron chi connectivity index (χ0n) is 15.1. The molecule has 0 aliphatic carbocycles. The van der Waals surface area contributed by atoms with Crippen molar-refractivity contribution >= 4 is 23.9 Å². The molecule has 1 heterocycles. The Hall–Kier alpha value is -3.41. The highest BCUT2D eigenvalue weighted by Gasteiger charge is 2.24. The highest BCUT2D eigenvalue weighted by atomic mass is 16.6. The molecule has 0 bridgehead atoms. The van der Waals surface area contributed by atoms with Gasteiger partial charge in [-0.15, -0.1) is 0 Å². The number of hydrogen-bond acceptors (Lipinski definition) is 6. The number of esters is 2. The second-order valence-electron chi connectivity index (χ2n) is 5.84. The van der Waals surface area contributed by atoms with Crippen LogP contribution in [0.15, 0.2) is 59.2 Å². The molecule has 0 saturated heterocycles. The summed E-state index contributed by atoms with van der Waals surface area (Å²) in [6.45, 7) is 1.90. The maximum Gasteiger partial charge on any atom is 0.363 e. The van der Waals surface area contributed by atoms with Crippen molar-refractivity contribution in [3.8, 4) is 11.5 Å². The Balaban J connectivity index is 1.85. The Bertz CT molecular complexity index is 915. The van der Waals surface area contributed by atoms with Crippen LogP contribution in [0.3, 0.4) is 0 Å². The molecule has 138 valence electrons. The van der Waals surface area contributed by atoms with E-state index in [2.05, 4.69) is 4.99 Å². The van der Waals surface area contributed by atoms with Crippen LogP contribution in [0.25, 0.3) is 6.08 Å². The molecule has 1 aliphatic heterocycles. The topological polar surface area (TPSA) is 74.2 Å². The lowest BCUT2D eigenvalue weighted by Gasteiger charge is -2.09. The van der Waals surface area contributed by atoms with Crippen molar-refractivity contribution in [2.45, 2.75) is 19.8 Å². The molecule has 2 aromatic rings. The molecular weight excluding hydrogens is 346 g/mol. The Labute approximate surface area is 157 Å². The normalized spacial score (nSPS) is 14.7. The Kier molecular flexibility index (Phi) is 5.66. The third-order valence-electron chi connectivity index (χ3n) is 3.81. The average molecular weight is 365 g/mol. The second kappa shape index (κ2) is 8.31. The number of aliphatic imine (C=N–C) groups is 1. The van der Waals surface area contributed by atoms with Crippen LogP contribution >= 0.6 is 0 Å². The van der Waals surface area contributed by atoms with E-state index >= 15 is 0 Å². The molecule has 0 radical (unpaired) electrons. The standard InChI is InChI=1S/C21H19NO5/c1-3-7-19(23)26-17-11-10-14(13-18(17)25-2)12-16-21(24)27-20(22-16)15-8-5-4-6-9-15/h4-6,8-13H,3,7H2,1-2H3. The lowest BCUT2D eigenvalue weighted by molar-refractivity contribution is -0.134. The van der Waals surface area contributed by atoms with Gasteiger partial charge in [-0.3, -0.25) is 4.79 Å². The van der Waals surface area contributed by atoms with Gasteiger partial charge in [0.05, 0.1) is 7.11 Å². The van der Waals surface area contributed by atoms with E-state index in [-0.39, 0.29) is 17.6 Å². The number of carbonyl (C=O) groups excluding carboxylic acids is 2. The van der Waals surface area contributed by atoms with Crippen LogP contribution in [0.4, 0.5) is 0 Å². The molecule has 0 aromatic heterocycles. The fraction of sp³-hybridized carbons (Fsp3) is 0.190. The van der Waals surface area contributed by atoms with Gasteiger partial charge in [0.2, 0.25) is 5.90 Å². The molecule has 0 saturated carbocycles. The van der Waals surface area contributed by atoms with Gasteiger partial charge in [-0.1, -0.05) is 31.2 Å². The second-order valence-corrected chi connectivity index (χ2v) is 5.84. The predicted molar refractivity (Wildman–Crippen MR) is 101 cm³/mol. The summed E-state index contributed by atoms with van der Waals surface area (Å²) in [5.41, 5.74) is 1.59. The smallest absolute Gasteiger partial charge is 0.363 e. The molecule has 0 N–H and O–H groups in total. The first kappa shape index (κ1) is 18.4. The molecule has 6 nitrogen and oxygen atoms in total. The summed E-state index contributed by atoms with van der Waals surface area (Å²) in [5, 5.41) is 0. The van der Waals surface area contributed by atoms with Crippen LogP contribution in [0.2, 0.25) is 0 Å². The van der Waals surface area contributed by atoms with Crippen LogP contribution in [-0.2, 0) is 14.3 Å². The van der Waals surface area contributed by atoms with Gasteiger partial charge in [-0.05, 0) is 42.3 Å². The molecule has 0 fully saturated rings. The van der Waals surface area contributed by atoms with Crippen molar-refractivity contribution in [1.29, 1.82) is 0 Å². The number of rotatable bonds is 6. The van der Waals surface area contributed by atoms with Crippen molar-refractivity contribution in [3.05, 3.63) is 65.4 Å². The number of hydrogen-bond donors (Lipinski definition) is 0. The van der Waals surface area contributed by atoms with Crippen LogP contribution in [-0.4, -0.2) is 24.9 Å². The maximum absolute atomic E-state index is 12.1. The van der Waals surface area contributed by atoms with Gasteiger partial charge in [0.15, 0.2) is 17.2 Å². The van der Waals surface area contributed by atoms with Crippen molar-refractivity contribution in [1.82, 2.24) is 0 Å². The lowest BCUT2D eigenvalue weighted by Crippen LogP contribution is -2.07. The van der Waals surface area contributed by atoms with Crippen LogP contribution in [0.5, 0.6) is 11.5 Å². The minimum atomic E-state index is -0.522. The molecule has 6 heteroatoms. The molecule has 2 aromatic carbocycles. The minimum Gasteiger partial charge on any atom is -0.493 e. The third kappa shape index (κ3) is 4.41. The van der Waals surface area contributed by atoms with E-state index in [0.29, 0.717) is 29.9 Å². The van der Waals surface area contributed by atoms with E-state index in [1.54, 1.807) is 24.3 Å². The summed E-state index contributed by atoms with van der Waals surface area (Å²) in [6.07, 6.45) is 2.63. The number of nitrogens with zero attached hydrogens (tertiary/aromatic N) is 1. The largest absolute Gasteiger partial charge is 0.493 e. The first-order valence-electron chi connectivity index (χ1n) is 8.57. The highest BCUT2D eigenvalue weighted by molar-refractivity contribution is 6.12. The number of carbonyl (C=O) groups is 2. The van der Waals surface area contributed by atoms with Crippen molar-refractivity contribution in [3.63, 3.8) is 0 Å². The Morgan fingerprint density at radius 2 is 1.93 bits per heavy atom. The highest BCUT2D eigenvalue weighted by Crippen LogP contribution is 2.30. The quantitative estimate of drug-likeness (QED) is 0.443. The van der Waals surface area contributed by atoms with E-state index in [4.69, 9.17) is 14.2 Å². The van der Waals surface area contributed by atoms with Crippen LogP contribution in [0.1, 0.15) is 30.9 Å². The summed E-state index contributed by atoms with van der Waals surface area (Å²) in [7, 11) is 1.49. The Morgan fingerprint density at radius 1 is 1.15 bits per heavy atom. The summed E-state index contributed by atoms with van der Waals surface area (Å²) < 4.78 is 15.8. The molecule has 1 aliphatic rings. The average Bonchev–Trinajstić information content (AvgIpc) is 3.04. The number of cyclic esters (lactones) is 1. The van der Waals surface area contributed by atoms with Gasteiger partial charge in [-0.25, -0.2) is 9.79 Å². The van der Waals surface area contributed by atoms with Crippen molar-refractivity contribution in [2.75, 3.05) is 7.11 Å². The van der Waals surface area contributed by atoms with Gasteiger partial charge in [-0.2, -0.15) is 0 Å². The predicted octanol–water partition coefficient (Wildman–Crippen LogP) is 3.75. The summed E-state index contributed by atoms with van der Waals surface area (Å²) in [5.74, 6) is 0.154. The van der Waals surface area contributed by atoms with Crippen LogP contribution < -0.4 is 9.47 Å². The van der Waals surface area contributed by atoms with Crippen molar-refractivity contribution in [2.24, 2.45) is 4.99 Å². The van der Waals surface area contributed by atoms with Gasteiger partial charge in [0.1, 0.15) is 0 Å². The molecular formula is C21H19NO5. The van der Waals surface area contributed by atoms with Gasteiger partial charge < -0.3 is 14.2 Å². The minimum absolute atomic E-state index is 0.187. The Morgan fingerprint density at radius 3 is 2.63 bits per heavy atom. The fourth-order valence-corrected chi connectivity index (χ4v) is 2.51. The molecule has 0 atom stereocenters. The van der Waals surface area contributed by atoms with Crippen molar-refractivity contribution < 1.29 is 23.8 Å². The molecule has 0 spiro atoms. The number of benzene rings is 2. The monoisotopic (exact) mass is 365 g/mol. The SMILES string of the molecule is CCCC(=O)Oc1ccc(C=C2N=C(c3ccccc3)OC2=O)cc1OC. The van der Waals surface area contributed by atoms with Gasteiger partial charge >= 0.3 is 11.9 Å².